The zero-order valence-electron chi connectivity index (χ0n) is 14.7. The summed E-state index contributed by atoms with van der Waals surface area (Å²) in [5, 5.41) is 3.20. The summed E-state index contributed by atoms with van der Waals surface area (Å²) in [7, 11) is 0. The van der Waals surface area contributed by atoms with Gasteiger partial charge in [-0.05, 0) is 42.6 Å². The van der Waals surface area contributed by atoms with E-state index in [4.69, 9.17) is 0 Å². The Morgan fingerprint density at radius 3 is 2.58 bits per heavy atom. The molecule has 3 atom stereocenters. The van der Waals surface area contributed by atoms with E-state index in [1.54, 1.807) is 4.90 Å². The average Bonchev–Trinajstić information content (AvgIpc) is 3.32. The SMILES string of the molecule is O=C(C[C@H]1C[C@@H]2CC[C@@H]1C2)NCc1ccccc1C[NH+]1CCCC1. The average molecular weight is 327 g/mol. The molecule has 4 rings (SSSR count). The molecule has 1 aromatic rings. The molecule has 1 aliphatic heterocycles. The van der Waals surface area contributed by atoms with Gasteiger partial charge in [-0.25, -0.2) is 0 Å². The Kier molecular flexibility index (Phi) is 4.88. The number of carbonyl (C=O) groups is 1. The topological polar surface area (TPSA) is 33.5 Å². The van der Waals surface area contributed by atoms with Crippen molar-refractivity contribution in [3.63, 3.8) is 0 Å². The van der Waals surface area contributed by atoms with E-state index in [1.807, 2.05) is 0 Å². The molecule has 0 radical (unpaired) electrons. The van der Waals surface area contributed by atoms with Gasteiger partial charge in [-0.3, -0.25) is 4.79 Å². The Morgan fingerprint density at radius 1 is 1.08 bits per heavy atom. The van der Waals surface area contributed by atoms with E-state index in [0.717, 1.165) is 24.8 Å². The van der Waals surface area contributed by atoms with Crippen LogP contribution >= 0.6 is 0 Å². The predicted molar refractivity (Wildman–Crippen MR) is 95.5 cm³/mol. The van der Waals surface area contributed by atoms with Crippen molar-refractivity contribution in [2.45, 2.75) is 58.0 Å². The molecule has 3 nitrogen and oxygen atoms in total. The maximum absolute atomic E-state index is 12.4. The van der Waals surface area contributed by atoms with Gasteiger partial charge in [-0.1, -0.05) is 30.7 Å². The molecule has 24 heavy (non-hydrogen) atoms. The Labute approximate surface area is 145 Å². The molecule has 130 valence electrons. The van der Waals surface area contributed by atoms with Gasteiger partial charge in [0.25, 0.3) is 0 Å². The highest BCUT2D eigenvalue weighted by molar-refractivity contribution is 5.76. The van der Waals surface area contributed by atoms with E-state index in [0.29, 0.717) is 12.5 Å². The molecule has 1 saturated heterocycles. The zero-order valence-corrected chi connectivity index (χ0v) is 14.7. The van der Waals surface area contributed by atoms with Gasteiger partial charge < -0.3 is 10.2 Å². The third-order valence-corrected chi connectivity index (χ3v) is 6.68. The molecule has 0 aromatic heterocycles. The minimum Gasteiger partial charge on any atom is -0.352 e. The highest BCUT2D eigenvalue weighted by Gasteiger charge is 2.40. The van der Waals surface area contributed by atoms with Gasteiger partial charge in [-0.2, -0.15) is 0 Å². The van der Waals surface area contributed by atoms with Gasteiger partial charge in [0.05, 0.1) is 13.1 Å². The van der Waals surface area contributed by atoms with Crippen LogP contribution in [0.4, 0.5) is 0 Å². The number of hydrogen-bond acceptors (Lipinski definition) is 1. The third kappa shape index (κ3) is 3.66. The van der Waals surface area contributed by atoms with Crippen LogP contribution in [0.3, 0.4) is 0 Å². The zero-order chi connectivity index (χ0) is 16.4. The Bertz CT molecular complexity index is 579. The second kappa shape index (κ2) is 7.26. The lowest BCUT2D eigenvalue weighted by molar-refractivity contribution is -0.901. The van der Waals surface area contributed by atoms with Gasteiger partial charge in [0, 0.05) is 31.4 Å². The highest BCUT2D eigenvalue weighted by Crippen LogP contribution is 2.49. The molecule has 1 amide bonds. The number of benzene rings is 1. The third-order valence-electron chi connectivity index (χ3n) is 6.68. The Morgan fingerprint density at radius 2 is 1.88 bits per heavy atom. The molecule has 3 heteroatoms. The van der Waals surface area contributed by atoms with Crippen molar-refractivity contribution in [1.29, 1.82) is 0 Å². The lowest BCUT2D eigenvalue weighted by Gasteiger charge is -2.21. The van der Waals surface area contributed by atoms with Crippen LogP contribution in [0.2, 0.25) is 0 Å². The van der Waals surface area contributed by atoms with Gasteiger partial charge in [0.15, 0.2) is 0 Å². The van der Waals surface area contributed by atoms with Crippen molar-refractivity contribution in [3.8, 4) is 0 Å². The lowest BCUT2D eigenvalue weighted by Crippen LogP contribution is -3.08. The van der Waals surface area contributed by atoms with Crippen LogP contribution in [0.1, 0.15) is 56.1 Å². The van der Waals surface area contributed by atoms with Crippen LogP contribution in [0, 0.1) is 17.8 Å². The summed E-state index contributed by atoms with van der Waals surface area (Å²) in [5.41, 5.74) is 2.72. The van der Waals surface area contributed by atoms with Crippen LogP contribution in [0.5, 0.6) is 0 Å². The highest BCUT2D eigenvalue weighted by atomic mass is 16.1. The van der Waals surface area contributed by atoms with Gasteiger partial charge >= 0.3 is 0 Å². The van der Waals surface area contributed by atoms with Crippen molar-refractivity contribution in [2.75, 3.05) is 13.1 Å². The first-order chi connectivity index (χ1) is 11.8. The summed E-state index contributed by atoms with van der Waals surface area (Å²) in [4.78, 5) is 14.1. The van der Waals surface area contributed by atoms with Gasteiger partial charge in [0.1, 0.15) is 6.54 Å². The van der Waals surface area contributed by atoms with E-state index in [2.05, 4.69) is 29.6 Å². The number of nitrogens with one attached hydrogen (secondary N) is 2. The molecule has 3 fully saturated rings. The second-order valence-electron chi connectivity index (χ2n) is 8.32. The number of fused-ring (bicyclic) bond motifs is 2. The van der Waals surface area contributed by atoms with Crippen molar-refractivity contribution in [1.82, 2.24) is 5.32 Å². The molecule has 2 bridgehead atoms. The molecule has 2 saturated carbocycles. The van der Waals surface area contributed by atoms with Crippen LogP contribution < -0.4 is 10.2 Å². The summed E-state index contributed by atoms with van der Waals surface area (Å²) >= 11 is 0. The van der Waals surface area contributed by atoms with Crippen LogP contribution in [-0.4, -0.2) is 19.0 Å². The largest absolute Gasteiger partial charge is 0.352 e. The number of amides is 1. The molecule has 1 aromatic carbocycles. The van der Waals surface area contributed by atoms with Crippen LogP contribution in [-0.2, 0) is 17.9 Å². The van der Waals surface area contributed by atoms with E-state index < -0.39 is 0 Å². The summed E-state index contributed by atoms with van der Waals surface area (Å²) in [5.74, 6) is 2.69. The standard InChI is InChI=1S/C21H30N2O/c24-21(13-20-12-16-7-8-17(20)11-16)22-14-18-5-1-2-6-19(18)15-23-9-3-4-10-23/h1-2,5-6,16-17,20H,3-4,7-15H2,(H,22,24)/p+1/t16-,17-,20-/m1/s1. The van der Waals surface area contributed by atoms with Crippen molar-refractivity contribution < 1.29 is 9.69 Å². The normalized spacial score (nSPS) is 29.2. The van der Waals surface area contributed by atoms with Crippen molar-refractivity contribution in [3.05, 3.63) is 35.4 Å². The maximum atomic E-state index is 12.4. The van der Waals surface area contributed by atoms with Crippen LogP contribution in [0.15, 0.2) is 24.3 Å². The minimum absolute atomic E-state index is 0.260. The summed E-state index contributed by atoms with van der Waals surface area (Å²) in [6.45, 7) is 4.40. The Hall–Kier alpha value is -1.35. The summed E-state index contributed by atoms with van der Waals surface area (Å²) in [6, 6.07) is 8.65. The van der Waals surface area contributed by atoms with E-state index in [1.165, 1.54) is 62.7 Å². The quantitative estimate of drug-likeness (QED) is 0.826. The molecule has 1 heterocycles. The van der Waals surface area contributed by atoms with Crippen molar-refractivity contribution >= 4 is 5.91 Å². The lowest BCUT2D eigenvalue weighted by atomic mass is 9.86. The first-order valence-electron chi connectivity index (χ1n) is 9.95. The summed E-state index contributed by atoms with van der Waals surface area (Å²) < 4.78 is 0. The molecule has 2 aliphatic carbocycles. The number of carbonyl (C=O) groups excluding carboxylic acids is 1. The van der Waals surface area contributed by atoms with E-state index >= 15 is 0 Å². The molecule has 2 N–H and O–H groups in total. The molecular weight excluding hydrogens is 296 g/mol. The fourth-order valence-electron chi connectivity index (χ4n) is 5.35. The number of hydrogen-bond donors (Lipinski definition) is 2. The number of likely N-dealkylation sites (tertiary alicyclic amines) is 1. The Balaban J connectivity index is 1.29. The monoisotopic (exact) mass is 327 g/mol. The molecule has 0 spiro atoms. The first kappa shape index (κ1) is 16.1. The molecule has 3 aliphatic rings. The van der Waals surface area contributed by atoms with Crippen molar-refractivity contribution in [2.24, 2.45) is 17.8 Å². The van der Waals surface area contributed by atoms with Crippen LogP contribution in [0.25, 0.3) is 0 Å². The fraction of sp³-hybridized carbons (Fsp3) is 0.667. The first-order valence-corrected chi connectivity index (χ1v) is 9.95. The predicted octanol–water partition coefficient (Wildman–Crippen LogP) is 2.31. The minimum atomic E-state index is 0.260. The fourth-order valence-corrected chi connectivity index (χ4v) is 5.35. The van der Waals surface area contributed by atoms with Gasteiger partial charge in [-0.15, -0.1) is 0 Å². The van der Waals surface area contributed by atoms with Gasteiger partial charge in [0.2, 0.25) is 5.91 Å². The summed E-state index contributed by atoms with van der Waals surface area (Å²) in [6.07, 6.45) is 8.93. The second-order valence-corrected chi connectivity index (χ2v) is 8.32. The number of quaternary nitrogens is 1. The number of rotatable bonds is 6. The molecule has 0 unspecified atom stereocenters. The van der Waals surface area contributed by atoms with E-state index in [-0.39, 0.29) is 5.91 Å². The smallest absolute Gasteiger partial charge is 0.220 e. The molecular formula is C21H31N2O+. The van der Waals surface area contributed by atoms with E-state index in [9.17, 15) is 4.79 Å². The maximum Gasteiger partial charge on any atom is 0.220 e.